The van der Waals surface area contributed by atoms with E-state index in [4.69, 9.17) is 13.9 Å². The predicted molar refractivity (Wildman–Crippen MR) is 131 cm³/mol. The molecule has 1 aromatic rings. The SMILES string of the molecule is C=CC[C@H](CCc1ccccc1)OC(C/C(=C/CC)O[Si](C)(C)C(C)(C)C)OC(C)=O. The van der Waals surface area contributed by atoms with Crippen LogP contribution in [0.2, 0.25) is 18.1 Å². The van der Waals surface area contributed by atoms with E-state index in [0.717, 1.165) is 25.0 Å². The lowest BCUT2D eigenvalue weighted by Crippen LogP contribution is -2.41. The van der Waals surface area contributed by atoms with Crippen LogP contribution in [0.15, 0.2) is 54.8 Å². The van der Waals surface area contributed by atoms with Gasteiger partial charge in [0.05, 0.1) is 18.3 Å². The van der Waals surface area contributed by atoms with Gasteiger partial charge in [-0.1, -0.05) is 64.1 Å². The number of ether oxygens (including phenoxy) is 2. The summed E-state index contributed by atoms with van der Waals surface area (Å²) in [5, 5.41) is 0.0820. The van der Waals surface area contributed by atoms with Gasteiger partial charge in [0.2, 0.25) is 14.6 Å². The van der Waals surface area contributed by atoms with Crippen LogP contribution in [0.5, 0.6) is 0 Å². The number of carbonyl (C=O) groups is 1. The maximum Gasteiger partial charge on any atom is 0.304 e. The first-order valence-corrected chi connectivity index (χ1v) is 14.2. The third kappa shape index (κ3) is 10.3. The van der Waals surface area contributed by atoms with Crippen molar-refractivity contribution >= 4 is 14.3 Å². The highest BCUT2D eigenvalue weighted by molar-refractivity contribution is 6.74. The van der Waals surface area contributed by atoms with Crippen LogP contribution in [0.3, 0.4) is 0 Å². The molecule has 1 aromatic carbocycles. The molecule has 0 saturated carbocycles. The average molecular weight is 447 g/mol. The van der Waals surface area contributed by atoms with Gasteiger partial charge in [-0.2, -0.15) is 0 Å². The minimum Gasteiger partial charge on any atom is -0.547 e. The summed E-state index contributed by atoms with van der Waals surface area (Å²) in [6.07, 6.45) is 6.84. The Labute approximate surface area is 190 Å². The van der Waals surface area contributed by atoms with E-state index in [0.29, 0.717) is 12.8 Å². The molecule has 0 aliphatic heterocycles. The van der Waals surface area contributed by atoms with E-state index in [1.165, 1.54) is 12.5 Å². The van der Waals surface area contributed by atoms with E-state index in [2.05, 4.69) is 65.6 Å². The number of esters is 1. The van der Waals surface area contributed by atoms with Gasteiger partial charge in [-0.05, 0) is 55.5 Å². The summed E-state index contributed by atoms with van der Waals surface area (Å²) < 4.78 is 18.4. The van der Waals surface area contributed by atoms with Gasteiger partial charge in [-0.15, -0.1) is 6.58 Å². The lowest BCUT2D eigenvalue weighted by Gasteiger charge is -2.38. The number of aryl methyl sites for hydroxylation is 1. The van der Waals surface area contributed by atoms with Gasteiger partial charge in [0.15, 0.2) is 0 Å². The Hall–Kier alpha value is -1.85. The number of hydrogen-bond donors (Lipinski definition) is 0. The molecule has 4 nitrogen and oxygen atoms in total. The summed E-state index contributed by atoms with van der Waals surface area (Å²) in [6, 6.07) is 10.3. The number of benzene rings is 1. The average Bonchev–Trinajstić information content (AvgIpc) is 2.65. The molecule has 0 radical (unpaired) electrons. The Morgan fingerprint density at radius 2 is 1.84 bits per heavy atom. The maximum atomic E-state index is 11.8. The molecule has 0 saturated heterocycles. The molecule has 0 heterocycles. The summed E-state index contributed by atoms with van der Waals surface area (Å²) in [4.78, 5) is 11.8. The minimum absolute atomic E-state index is 0.0820. The third-order valence-electron chi connectivity index (χ3n) is 5.66. The van der Waals surface area contributed by atoms with Crippen LogP contribution < -0.4 is 0 Å². The fraction of sp³-hybridized carbons (Fsp3) is 0.577. The molecule has 31 heavy (non-hydrogen) atoms. The summed E-state index contributed by atoms with van der Waals surface area (Å²) in [5.41, 5.74) is 1.26. The predicted octanol–water partition coefficient (Wildman–Crippen LogP) is 7.18. The Kier molecular flexibility index (Phi) is 11.3. The first kappa shape index (κ1) is 27.2. The van der Waals surface area contributed by atoms with Gasteiger partial charge in [0.1, 0.15) is 0 Å². The van der Waals surface area contributed by atoms with Gasteiger partial charge < -0.3 is 13.9 Å². The normalized spacial score (nSPS) is 14.6. The quantitative estimate of drug-likeness (QED) is 0.106. The minimum atomic E-state index is -2.01. The van der Waals surface area contributed by atoms with Crippen LogP contribution in [-0.2, 0) is 25.1 Å². The summed E-state index contributed by atoms with van der Waals surface area (Å²) in [5.74, 6) is 0.495. The zero-order valence-electron chi connectivity index (χ0n) is 20.6. The Morgan fingerprint density at radius 3 is 2.35 bits per heavy atom. The number of hydrogen-bond acceptors (Lipinski definition) is 4. The fourth-order valence-electron chi connectivity index (χ4n) is 2.96. The van der Waals surface area contributed by atoms with E-state index in [9.17, 15) is 4.79 Å². The van der Waals surface area contributed by atoms with Crippen molar-refractivity contribution in [3.8, 4) is 0 Å². The number of carbonyl (C=O) groups excluding carboxylic acids is 1. The molecule has 0 aliphatic rings. The van der Waals surface area contributed by atoms with Gasteiger partial charge >= 0.3 is 5.97 Å². The molecule has 0 aromatic heterocycles. The monoisotopic (exact) mass is 446 g/mol. The largest absolute Gasteiger partial charge is 0.547 e. The van der Waals surface area contributed by atoms with E-state index < -0.39 is 14.6 Å². The van der Waals surface area contributed by atoms with Gasteiger partial charge in [-0.25, -0.2) is 0 Å². The van der Waals surface area contributed by atoms with Crippen LogP contribution in [0, 0.1) is 0 Å². The van der Waals surface area contributed by atoms with Crippen LogP contribution in [0.4, 0.5) is 0 Å². The molecule has 1 rings (SSSR count). The number of allylic oxidation sites excluding steroid dienone is 1. The van der Waals surface area contributed by atoms with Crippen molar-refractivity contribution in [2.45, 2.75) is 97.2 Å². The fourth-order valence-corrected chi connectivity index (χ4v) is 4.08. The van der Waals surface area contributed by atoms with Gasteiger partial charge in [0, 0.05) is 6.92 Å². The molecule has 0 spiro atoms. The third-order valence-corrected chi connectivity index (χ3v) is 10.0. The second-order valence-electron chi connectivity index (χ2n) is 9.49. The van der Waals surface area contributed by atoms with Crippen molar-refractivity contribution in [2.24, 2.45) is 0 Å². The van der Waals surface area contributed by atoms with E-state index in [-0.39, 0.29) is 17.1 Å². The molecule has 0 N–H and O–H groups in total. The lowest BCUT2D eigenvalue weighted by molar-refractivity contribution is -0.188. The van der Waals surface area contributed by atoms with E-state index in [1.807, 2.05) is 24.3 Å². The van der Waals surface area contributed by atoms with Gasteiger partial charge in [-0.3, -0.25) is 4.79 Å². The van der Waals surface area contributed by atoms with Crippen LogP contribution in [-0.4, -0.2) is 26.7 Å². The van der Waals surface area contributed by atoms with E-state index >= 15 is 0 Å². The Bertz CT molecular complexity index is 704. The van der Waals surface area contributed by atoms with Crippen LogP contribution >= 0.6 is 0 Å². The van der Waals surface area contributed by atoms with Crippen molar-refractivity contribution in [3.05, 3.63) is 60.4 Å². The molecule has 0 bridgehead atoms. The zero-order chi connectivity index (χ0) is 23.5. The molecular formula is C26H42O4Si. The summed E-state index contributed by atoms with van der Waals surface area (Å²) in [6.45, 7) is 18.5. The van der Waals surface area contributed by atoms with Crippen molar-refractivity contribution in [1.82, 2.24) is 0 Å². The van der Waals surface area contributed by atoms with Crippen molar-refractivity contribution < 1.29 is 18.7 Å². The maximum absolute atomic E-state index is 11.8. The lowest BCUT2D eigenvalue weighted by atomic mass is 10.0. The van der Waals surface area contributed by atoms with Crippen LogP contribution in [0.1, 0.15) is 65.9 Å². The molecular weight excluding hydrogens is 404 g/mol. The highest BCUT2D eigenvalue weighted by atomic mass is 28.4. The van der Waals surface area contributed by atoms with Gasteiger partial charge in [0.25, 0.3) is 0 Å². The van der Waals surface area contributed by atoms with E-state index in [1.54, 1.807) is 0 Å². The second-order valence-corrected chi connectivity index (χ2v) is 14.2. The first-order chi connectivity index (χ1) is 14.5. The molecule has 174 valence electrons. The summed E-state index contributed by atoms with van der Waals surface area (Å²) >= 11 is 0. The second kappa shape index (κ2) is 12.9. The number of rotatable bonds is 13. The molecule has 0 amide bonds. The standard InChI is InChI=1S/C26H42O4Si/c1-9-14-23(19-18-22-16-12-11-13-17-22)29-25(28-21(3)27)20-24(15-10-2)30-31(7,8)26(4,5)6/h9,11-13,15-17,23,25H,1,10,14,18-20H2,2-8H3/b24-15-/t23-,25?/m1/s1. The highest BCUT2D eigenvalue weighted by Crippen LogP contribution is 2.38. The summed E-state index contributed by atoms with van der Waals surface area (Å²) in [7, 11) is -2.01. The van der Waals surface area contributed by atoms with Crippen LogP contribution in [0.25, 0.3) is 0 Å². The molecule has 0 fully saturated rings. The Balaban J connectivity index is 2.93. The zero-order valence-corrected chi connectivity index (χ0v) is 21.6. The smallest absolute Gasteiger partial charge is 0.304 e. The first-order valence-electron chi connectivity index (χ1n) is 11.3. The van der Waals surface area contributed by atoms with Crippen molar-refractivity contribution in [3.63, 3.8) is 0 Å². The Morgan fingerprint density at radius 1 is 1.19 bits per heavy atom. The molecule has 0 aliphatic carbocycles. The topological polar surface area (TPSA) is 44.8 Å². The molecule has 1 unspecified atom stereocenters. The molecule has 5 heteroatoms. The highest BCUT2D eigenvalue weighted by Gasteiger charge is 2.39. The van der Waals surface area contributed by atoms with Crippen molar-refractivity contribution in [2.75, 3.05) is 0 Å². The molecule has 2 atom stereocenters. The van der Waals surface area contributed by atoms with Crippen molar-refractivity contribution in [1.29, 1.82) is 0 Å².